The highest BCUT2D eigenvalue weighted by atomic mass is 79.9. The van der Waals surface area contributed by atoms with Crippen LogP contribution in [0, 0.1) is 5.92 Å². The molecule has 1 saturated heterocycles. The van der Waals surface area contributed by atoms with E-state index in [4.69, 9.17) is 51.1 Å². The Balaban J connectivity index is 1.36. The monoisotopic (exact) mass is 640 g/mol. The van der Waals surface area contributed by atoms with Crippen molar-refractivity contribution >= 4 is 97.4 Å². The molecule has 7 nitrogen and oxygen atoms in total. The zero-order valence-electron chi connectivity index (χ0n) is 18.4. The van der Waals surface area contributed by atoms with Gasteiger partial charge in [-0.3, -0.25) is 19.2 Å². The number of fused-ring (bicyclic) bond motifs is 1. The zero-order chi connectivity index (χ0) is 26.6. The van der Waals surface area contributed by atoms with Crippen molar-refractivity contribution in [1.29, 1.82) is 0 Å². The molecule has 0 saturated carbocycles. The second kappa shape index (κ2) is 9.93. The lowest BCUT2D eigenvalue weighted by Gasteiger charge is -2.17. The van der Waals surface area contributed by atoms with E-state index in [1.807, 2.05) is 0 Å². The first-order valence-electron chi connectivity index (χ1n) is 10.7. The van der Waals surface area contributed by atoms with Gasteiger partial charge in [-0.05, 0) is 36.4 Å². The molecule has 0 aromatic heterocycles. The average molecular weight is 643 g/mol. The Morgan fingerprint density at radius 1 is 0.838 bits per heavy atom. The van der Waals surface area contributed by atoms with Gasteiger partial charge in [0.25, 0.3) is 11.8 Å². The molecule has 188 valence electrons. The molecule has 3 aromatic carbocycles. The van der Waals surface area contributed by atoms with Crippen LogP contribution < -0.4 is 14.5 Å². The molecule has 2 aliphatic rings. The molecule has 12 heteroatoms. The molecule has 0 unspecified atom stereocenters. The minimum Gasteiger partial charge on any atom is -0.426 e. The van der Waals surface area contributed by atoms with Crippen LogP contribution in [0.15, 0.2) is 53.0 Å². The molecule has 0 radical (unpaired) electrons. The van der Waals surface area contributed by atoms with E-state index in [1.165, 1.54) is 29.2 Å². The number of ether oxygens (including phenoxy) is 1. The maximum absolute atomic E-state index is 13.1. The van der Waals surface area contributed by atoms with Crippen LogP contribution in [0.3, 0.4) is 0 Å². The van der Waals surface area contributed by atoms with Gasteiger partial charge in [0.05, 0.1) is 42.8 Å². The highest BCUT2D eigenvalue weighted by Gasteiger charge is 2.43. The fourth-order valence-corrected chi connectivity index (χ4v) is 5.48. The first-order chi connectivity index (χ1) is 17.6. The summed E-state index contributed by atoms with van der Waals surface area (Å²) in [7, 11) is 0. The summed E-state index contributed by atoms with van der Waals surface area (Å²) in [4.78, 5) is 54.0. The lowest BCUT2D eigenvalue weighted by Crippen LogP contribution is -2.29. The molecule has 1 atom stereocenters. The summed E-state index contributed by atoms with van der Waals surface area (Å²) in [6, 6.07) is 13.0. The lowest BCUT2D eigenvalue weighted by atomic mass is 10.1. The van der Waals surface area contributed by atoms with Gasteiger partial charge in [-0.1, -0.05) is 68.4 Å². The minimum absolute atomic E-state index is 0.00842. The third kappa shape index (κ3) is 4.51. The van der Waals surface area contributed by atoms with E-state index < -0.39 is 23.7 Å². The van der Waals surface area contributed by atoms with Gasteiger partial charge in [0.2, 0.25) is 5.91 Å². The van der Waals surface area contributed by atoms with Crippen LogP contribution in [-0.2, 0) is 9.59 Å². The number of carbonyl (C=O) groups excluding carboxylic acids is 4. The van der Waals surface area contributed by atoms with E-state index in [9.17, 15) is 19.2 Å². The standard InChI is InChI=1S/C25H13BrCl4N2O5/c26-12-4-6-13(7-5-12)31-10-11(8-16(31)33)25(36)37-15-3-1-2-14(9-15)32-23(34)17-18(24(32)35)20(28)22(30)21(29)19(17)27/h1-7,9,11H,8,10H2/t11-/m0/s1. The van der Waals surface area contributed by atoms with Crippen LogP contribution in [0.1, 0.15) is 27.1 Å². The highest BCUT2D eigenvalue weighted by Crippen LogP contribution is 2.46. The van der Waals surface area contributed by atoms with E-state index in [0.29, 0.717) is 5.69 Å². The summed E-state index contributed by atoms with van der Waals surface area (Å²) in [5.41, 5.74) is 0.473. The molecule has 2 aliphatic heterocycles. The Bertz CT molecular complexity index is 1460. The summed E-state index contributed by atoms with van der Waals surface area (Å²) in [5, 5.41) is -0.645. The van der Waals surface area contributed by atoms with Crippen molar-refractivity contribution in [3.05, 3.63) is 84.2 Å². The number of rotatable bonds is 4. The van der Waals surface area contributed by atoms with Crippen molar-refractivity contribution < 1.29 is 23.9 Å². The number of hydrogen-bond donors (Lipinski definition) is 0. The van der Waals surface area contributed by atoms with Crippen LogP contribution in [-0.4, -0.2) is 30.2 Å². The SMILES string of the molecule is O=C(Oc1cccc(N2C(=O)c3c(Cl)c(Cl)c(Cl)c(Cl)c3C2=O)c1)[C@H]1CC(=O)N(c2ccc(Br)cc2)C1. The second-order valence-electron chi connectivity index (χ2n) is 8.25. The fourth-order valence-electron chi connectivity index (χ4n) is 4.21. The first kappa shape index (κ1) is 26.0. The van der Waals surface area contributed by atoms with Crippen molar-refractivity contribution in [2.24, 2.45) is 5.92 Å². The van der Waals surface area contributed by atoms with E-state index in [0.717, 1.165) is 9.37 Å². The van der Waals surface area contributed by atoms with E-state index in [-0.39, 0.29) is 61.5 Å². The van der Waals surface area contributed by atoms with Crippen LogP contribution in [0.2, 0.25) is 20.1 Å². The summed E-state index contributed by atoms with van der Waals surface area (Å²) < 4.78 is 6.38. The van der Waals surface area contributed by atoms with Crippen molar-refractivity contribution in [3.63, 3.8) is 0 Å². The molecule has 2 heterocycles. The molecule has 3 aromatic rings. The van der Waals surface area contributed by atoms with Crippen molar-refractivity contribution in [2.45, 2.75) is 6.42 Å². The third-order valence-corrected chi connectivity index (χ3v) is 8.32. The Labute approximate surface area is 238 Å². The van der Waals surface area contributed by atoms with E-state index in [1.54, 1.807) is 24.3 Å². The molecule has 1 fully saturated rings. The Morgan fingerprint density at radius 2 is 1.43 bits per heavy atom. The number of esters is 1. The number of nitrogens with zero attached hydrogens (tertiary/aromatic N) is 2. The maximum atomic E-state index is 13.1. The zero-order valence-corrected chi connectivity index (χ0v) is 23.0. The first-order valence-corrected chi connectivity index (χ1v) is 13.0. The number of amides is 3. The fraction of sp³-hybridized carbons (Fsp3) is 0.120. The summed E-state index contributed by atoms with van der Waals surface area (Å²) in [6.07, 6.45) is -0.00842. The average Bonchev–Trinajstić information content (AvgIpc) is 3.39. The van der Waals surface area contributed by atoms with Gasteiger partial charge in [-0.25, -0.2) is 4.90 Å². The van der Waals surface area contributed by atoms with Crippen LogP contribution in [0.25, 0.3) is 0 Å². The number of halogens is 5. The maximum Gasteiger partial charge on any atom is 0.316 e. The molecule has 5 rings (SSSR count). The highest BCUT2D eigenvalue weighted by molar-refractivity contribution is 9.10. The van der Waals surface area contributed by atoms with Gasteiger partial charge < -0.3 is 9.64 Å². The second-order valence-corrected chi connectivity index (χ2v) is 10.7. The number of benzene rings is 3. The van der Waals surface area contributed by atoms with Crippen molar-refractivity contribution in [3.8, 4) is 5.75 Å². The Hall–Kier alpha value is -2.62. The summed E-state index contributed by atoms with van der Waals surface area (Å²) in [5.74, 6) is -2.92. The van der Waals surface area contributed by atoms with Gasteiger partial charge in [0.15, 0.2) is 0 Å². The van der Waals surface area contributed by atoms with Crippen LogP contribution in [0.4, 0.5) is 11.4 Å². The molecular formula is C25H13BrCl4N2O5. The number of carbonyl (C=O) groups is 4. The van der Waals surface area contributed by atoms with E-state index in [2.05, 4.69) is 15.9 Å². The smallest absolute Gasteiger partial charge is 0.316 e. The third-order valence-electron chi connectivity index (χ3n) is 5.99. The van der Waals surface area contributed by atoms with Crippen molar-refractivity contribution in [2.75, 3.05) is 16.3 Å². The summed E-state index contributed by atoms with van der Waals surface area (Å²) in [6.45, 7) is 0.163. The molecule has 0 bridgehead atoms. The van der Waals surface area contributed by atoms with Gasteiger partial charge in [0.1, 0.15) is 5.75 Å². The van der Waals surface area contributed by atoms with Crippen LogP contribution >= 0.6 is 62.3 Å². The minimum atomic E-state index is -0.750. The van der Waals surface area contributed by atoms with E-state index >= 15 is 0 Å². The largest absolute Gasteiger partial charge is 0.426 e. The normalized spacial score (nSPS) is 17.0. The predicted octanol–water partition coefficient (Wildman–Crippen LogP) is 6.82. The predicted molar refractivity (Wildman–Crippen MR) is 144 cm³/mol. The van der Waals surface area contributed by atoms with Gasteiger partial charge in [-0.15, -0.1) is 0 Å². The van der Waals surface area contributed by atoms with Gasteiger partial charge in [-0.2, -0.15) is 0 Å². The molecular weight excluding hydrogens is 630 g/mol. The van der Waals surface area contributed by atoms with Gasteiger partial charge >= 0.3 is 5.97 Å². The molecule has 0 aliphatic carbocycles. The quantitative estimate of drug-likeness (QED) is 0.103. The molecule has 0 N–H and O–H groups in total. The Morgan fingerprint density at radius 3 is 2.03 bits per heavy atom. The summed E-state index contributed by atoms with van der Waals surface area (Å²) >= 11 is 27.9. The Kier molecular flexibility index (Phi) is 6.98. The van der Waals surface area contributed by atoms with Gasteiger partial charge in [0, 0.05) is 29.2 Å². The van der Waals surface area contributed by atoms with Crippen LogP contribution in [0.5, 0.6) is 5.75 Å². The number of anilines is 2. The van der Waals surface area contributed by atoms with Crippen molar-refractivity contribution in [1.82, 2.24) is 0 Å². The number of imide groups is 1. The molecule has 37 heavy (non-hydrogen) atoms. The lowest BCUT2D eigenvalue weighted by molar-refractivity contribution is -0.139. The molecule has 3 amide bonds. The molecule has 0 spiro atoms. The number of hydrogen-bond acceptors (Lipinski definition) is 5. The topological polar surface area (TPSA) is 84.0 Å².